The molecule has 1 saturated heterocycles. The van der Waals surface area contributed by atoms with E-state index in [-0.39, 0.29) is 11.5 Å². The van der Waals surface area contributed by atoms with E-state index in [1.165, 1.54) is 6.33 Å². The number of carbonyl (C=O) groups excluding carboxylic acids is 1. The van der Waals surface area contributed by atoms with Crippen molar-refractivity contribution in [2.45, 2.75) is 19.8 Å². The zero-order chi connectivity index (χ0) is 17.8. The van der Waals surface area contributed by atoms with Gasteiger partial charge in [-0.15, -0.1) is 0 Å². The van der Waals surface area contributed by atoms with Crippen LogP contribution >= 0.6 is 0 Å². The average Bonchev–Trinajstić information content (AvgIpc) is 2.59. The van der Waals surface area contributed by atoms with E-state index in [1.807, 2.05) is 0 Å². The minimum absolute atomic E-state index is 0.239. The van der Waals surface area contributed by atoms with Gasteiger partial charge in [0.1, 0.15) is 29.6 Å². The van der Waals surface area contributed by atoms with Crippen molar-refractivity contribution >= 4 is 23.4 Å². The highest BCUT2D eigenvalue weighted by Gasteiger charge is 2.17. The van der Waals surface area contributed by atoms with Crippen molar-refractivity contribution in [3.8, 4) is 0 Å². The summed E-state index contributed by atoms with van der Waals surface area (Å²) in [6.45, 7) is 4.02. The summed E-state index contributed by atoms with van der Waals surface area (Å²) >= 11 is 0. The third-order valence-corrected chi connectivity index (χ3v) is 4.18. The van der Waals surface area contributed by atoms with Gasteiger partial charge in [-0.25, -0.2) is 23.5 Å². The predicted octanol–water partition coefficient (Wildman–Crippen LogP) is 3.64. The number of rotatable bonds is 3. The SMILES string of the molecule is CC1CCN(c2cc(NC(=O)Nc3cc(F)ccc3F)ncn2)CC1. The molecule has 1 aliphatic heterocycles. The number of hydrogen-bond donors (Lipinski definition) is 2. The Hall–Kier alpha value is -2.77. The minimum atomic E-state index is -0.720. The van der Waals surface area contributed by atoms with Crippen molar-refractivity contribution in [2.75, 3.05) is 28.6 Å². The largest absolute Gasteiger partial charge is 0.356 e. The molecule has 1 fully saturated rings. The molecule has 2 N–H and O–H groups in total. The van der Waals surface area contributed by atoms with Gasteiger partial charge in [0.2, 0.25) is 0 Å². The van der Waals surface area contributed by atoms with Crippen molar-refractivity contribution in [1.82, 2.24) is 9.97 Å². The molecule has 2 heterocycles. The first kappa shape index (κ1) is 17.1. The summed E-state index contributed by atoms with van der Waals surface area (Å²) in [5.41, 5.74) is -0.239. The van der Waals surface area contributed by atoms with Gasteiger partial charge in [0.25, 0.3) is 0 Å². The van der Waals surface area contributed by atoms with Crippen LogP contribution in [0.25, 0.3) is 0 Å². The predicted molar refractivity (Wildman–Crippen MR) is 91.6 cm³/mol. The fraction of sp³-hybridized carbons (Fsp3) is 0.353. The molecule has 0 spiro atoms. The molecule has 8 heteroatoms. The van der Waals surface area contributed by atoms with Gasteiger partial charge < -0.3 is 10.2 Å². The molecule has 1 aromatic heterocycles. The standard InChI is InChI=1S/C17H19F2N5O/c1-11-4-6-24(7-5-11)16-9-15(20-10-21-16)23-17(25)22-14-8-12(18)2-3-13(14)19/h2-3,8-11H,4-7H2,1H3,(H2,20,21,22,23,25). The molecule has 1 aromatic carbocycles. The van der Waals surface area contributed by atoms with Gasteiger partial charge in [-0.05, 0) is 30.9 Å². The highest BCUT2D eigenvalue weighted by molar-refractivity contribution is 5.99. The third-order valence-electron chi connectivity index (χ3n) is 4.18. The number of hydrogen-bond acceptors (Lipinski definition) is 4. The van der Waals surface area contributed by atoms with E-state index in [0.717, 1.165) is 49.9 Å². The quantitative estimate of drug-likeness (QED) is 0.889. The average molecular weight is 347 g/mol. The van der Waals surface area contributed by atoms with Crippen LogP contribution in [0.3, 0.4) is 0 Å². The highest BCUT2D eigenvalue weighted by atomic mass is 19.1. The van der Waals surface area contributed by atoms with Crippen molar-refractivity contribution < 1.29 is 13.6 Å². The molecule has 25 heavy (non-hydrogen) atoms. The lowest BCUT2D eigenvalue weighted by Gasteiger charge is -2.31. The number of anilines is 3. The molecule has 0 unspecified atom stereocenters. The number of carbonyl (C=O) groups is 1. The van der Waals surface area contributed by atoms with Gasteiger partial charge in [-0.2, -0.15) is 0 Å². The molecular weight excluding hydrogens is 328 g/mol. The molecule has 0 atom stereocenters. The van der Waals surface area contributed by atoms with Crippen LogP contribution in [0.1, 0.15) is 19.8 Å². The monoisotopic (exact) mass is 347 g/mol. The zero-order valence-corrected chi connectivity index (χ0v) is 13.8. The van der Waals surface area contributed by atoms with E-state index in [4.69, 9.17) is 0 Å². The molecule has 1 aliphatic rings. The topological polar surface area (TPSA) is 70.2 Å². The summed E-state index contributed by atoms with van der Waals surface area (Å²) in [4.78, 5) is 22.4. The molecule has 0 bridgehead atoms. The number of amides is 2. The lowest BCUT2D eigenvalue weighted by atomic mass is 9.99. The first-order valence-corrected chi connectivity index (χ1v) is 8.11. The van der Waals surface area contributed by atoms with Gasteiger partial charge in [0, 0.05) is 25.2 Å². The van der Waals surface area contributed by atoms with Crippen LogP contribution in [-0.2, 0) is 0 Å². The Morgan fingerprint density at radius 2 is 1.92 bits per heavy atom. The first-order chi connectivity index (χ1) is 12.0. The summed E-state index contributed by atoms with van der Waals surface area (Å²) in [6, 6.07) is 3.80. The zero-order valence-electron chi connectivity index (χ0n) is 13.8. The van der Waals surface area contributed by atoms with Gasteiger partial charge in [0.15, 0.2) is 0 Å². The van der Waals surface area contributed by atoms with Crippen LogP contribution in [0.2, 0.25) is 0 Å². The Kier molecular flexibility index (Phi) is 5.06. The fourth-order valence-corrected chi connectivity index (χ4v) is 2.69. The first-order valence-electron chi connectivity index (χ1n) is 8.11. The van der Waals surface area contributed by atoms with E-state index >= 15 is 0 Å². The maximum atomic E-state index is 13.6. The van der Waals surface area contributed by atoms with Gasteiger partial charge in [0.05, 0.1) is 5.69 Å². The van der Waals surface area contributed by atoms with E-state index in [1.54, 1.807) is 6.07 Å². The molecule has 2 amide bonds. The summed E-state index contributed by atoms with van der Waals surface area (Å²) in [6.07, 6.45) is 3.55. The lowest BCUT2D eigenvalue weighted by Crippen LogP contribution is -2.33. The second-order valence-corrected chi connectivity index (χ2v) is 6.13. The van der Waals surface area contributed by atoms with E-state index in [2.05, 4.69) is 32.4 Å². The Morgan fingerprint density at radius 3 is 2.68 bits per heavy atom. The minimum Gasteiger partial charge on any atom is -0.356 e. The van der Waals surface area contributed by atoms with Crippen LogP contribution in [0, 0.1) is 17.6 Å². The van der Waals surface area contributed by atoms with Gasteiger partial charge >= 0.3 is 6.03 Å². The van der Waals surface area contributed by atoms with Crippen LogP contribution in [-0.4, -0.2) is 29.1 Å². The number of piperidine rings is 1. The lowest BCUT2D eigenvalue weighted by molar-refractivity contribution is 0.262. The smallest absolute Gasteiger partial charge is 0.324 e. The van der Waals surface area contributed by atoms with E-state index in [0.29, 0.717) is 5.92 Å². The summed E-state index contributed by atoms with van der Waals surface area (Å²) in [7, 11) is 0. The molecule has 3 rings (SSSR count). The van der Waals surface area contributed by atoms with Crippen molar-refractivity contribution in [3.63, 3.8) is 0 Å². The number of nitrogens with one attached hydrogen (secondary N) is 2. The summed E-state index contributed by atoms with van der Waals surface area (Å²) in [5.74, 6) is 0.359. The summed E-state index contributed by atoms with van der Waals surface area (Å²) < 4.78 is 26.7. The van der Waals surface area contributed by atoms with E-state index in [9.17, 15) is 13.6 Å². The van der Waals surface area contributed by atoms with Crippen LogP contribution in [0.15, 0.2) is 30.6 Å². The van der Waals surface area contributed by atoms with Crippen LogP contribution in [0.4, 0.5) is 30.9 Å². The van der Waals surface area contributed by atoms with Crippen molar-refractivity contribution in [2.24, 2.45) is 5.92 Å². The molecule has 0 radical (unpaired) electrons. The number of benzene rings is 1. The Morgan fingerprint density at radius 1 is 1.16 bits per heavy atom. The maximum absolute atomic E-state index is 13.6. The third kappa shape index (κ3) is 4.40. The number of nitrogens with zero attached hydrogens (tertiary/aromatic N) is 3. The molecule has 2 aromatic rings. The molecule has 0 saturated carbocycles. The van der Waals surface area contributed by atoms with Crippen molar-refractivity contribution in [1.29, 1.82) is 0 Å². The van der Waals surface area contributed by atoms with Crippen LogP contribution in [0.5, 0.6) is 0 Å². The normalized spacial score (nSPS) is 15.1. The van der Waals surface area contributed by atoms with Gasteiger partial charge in [-0.3, -0.25) is 5.32 Å². The maximum Gasteiger partial charge on any atom is 0.324 e. The number of urea groups is 1. The second kappa shape index (κ2) is 7.42. The second-order valence-electron chi connectivity index (χ2n) is 6.13. The van der Waals surface area contributed by atoms with Crippen LogP contribution < -0.4 is 15.5 Å². The Labute approximate surface area is 144 Å². The molecule has 132 valence electrons. The number of aromatic nitrogens is 2. The van der Waals surface area contributed by atoms with Gasteiger partial charge in [-0.1, -0.05) is 6.92 Å². The molecular formula is C17H19F2N5O. The van der Waals surface area contributed by atoms with E-state index < -0.39 is 17.7 Å². The molecule has 0 aliphatic carbocycles. The fourth-order valence-electron chi connectivity index (χ4n) is 2.69. The molecule has 6 nitrogen and oxygen atoms in total. The highest BCUT2D eigenvalue weighted by Crippen LogP contribution is 2.22. The number of halogens is 2. The summed E-state index contributed by atoms with van der Waals surface area (Å²) in [5, 5.41) is 4.77. The Bertz CT molecular complexity index is 762. The van der Waals surface area contributed by atoms with Crippen molar-refractivity contribution in [3.05, 3.63) is 42.2 Å². The Balaban J connectivity index is 1.65.